The lowest BCUT2D eigenvalue weighted by Gasteiger charge is -2.22. The molecule has 2 aromatic heterocycles. The first-order chi connectivity index (χ1) is 11.0. The molecule has 0 aliphatic heterocycles. The molecule has 7 heteroatoms. The molecule has 1 atom stereocenters. The fourth-order valence-electron chi connectivity index (χ4n) is 2.45. The number of aromatic amines is 1. The SMILES string of the molecule is CC(C)(C)CC[C@H](Nc1ncnc2ccccc12)c1nn[nH]n1. The maximum Gasteiger partial charge on any atom is 0.196 e. The molecule has 7 nitrogen and oxygen atoms in total. The number of aromatic nitrogens is 6. The minimum Gasteiger partial charge on any atom is -0.359 e. The normalized spacial score (nSPS) is 13.2. The Hall–Kier alpha value is -2.57. The standard InChI is InChI=1S/C16H21N7/c1-16(2,3)9-8-13(15-20-22-23-21-15)19-14-11-6-4-5-7-12(11)17-10-18-14/h4-7,10,13H,8-9H2,1-3H3,(H,17,18,19)(H,20,21,22,23)/t13-/m0/s1. The van der Waals surface area contributed by atoms with Crippen LogP contribution in [0.2, 0.25) is 0 Å². The van der Waals surface area contributed by atoms with Crippen molar-refractivity contribution in [2.75, 3.05) is 5.32 Å². The summed E-state index contributed by atoms with van der Waals surface area (Å²) in [6.45, 7) is 6.67. The monoisotopic (exact) mass is 311 g/mol. The summed E-state index contributed by atoms with van der Waals surface area (Å²) in [7, 11) is 0. The first kappa shape index (κ1) is 15.3. The van der Waals surface area contributed by atoms with E-state index >= 15 is 0 Å². The lowest BCUT2D eigenvalue weighted by molar-refractivity contribution is 0.352. The highest BCUT2D eigenvalue weighted by molar-refractivity contribution is 5.88. The van der Waals surface area contributed by atoms with Crippen LogP contribution in [0.1, 0.15) is 45.5 Å². The van der Waals surface area contributed by atoms with Crippen LogP contribution in [0.25, 0.3) is 10.9 Å². The van der Waals surface area contributed by atoms with Crippen molar-refractivity contribution in [2.45, 2.75) is 39.7 Å². The lowest BCUT2D eigenvalue weighted by atomic mass is 9.88. The maximum absolute atomic E-state index is 4.39. The van der Waals surface area contributed by atoms with Crippen LogP contribution in [0.5, 0.6) is 0 Å². The van der Waals surface area contributed by atoms with E-state index < -0.39 is 0 Å². The minimum absolute atomic E-state index is 0.0497. The third-order valence-electron chi connectivity index (χ3n) is 3.71. The van der Waals surface area contributed by atoms with E-state index in [1.807, 2.05) is 24.3 Å². The Morgan fingerprint density at radius 2 is 2.00 bits per heavy atom. The molecule has 1 aromatic carbocycles. The molecule has 0 unspecified atom stereocenters. The zero-order valence-electron chi connectivity index (χ0n) is 13.6. The predicted octanol–water partition coefficient (Wildman–Crippen LogP) is 3.12. The van der Waals surface area contributed by atoms with Crippen LogP contribution in [0.4, 0.5) is 5.82 Å². The second kappa shape index (κ2) is 6.28. The van der Waals surface area contributed by atoms with E-state index in [0.29, 0.717) is 5.82 Å². The smallest absolute Gasteiger partial charge is 0.196 e. The number of benzene rings is 1. The molecule has 0 saturated carbocycles. The van der Waals surface area contributed by atoms with Crippen LogP contribution in [0.15, 0.2) is 30.6 Å². The quantitative estimate of drug-likeness (QED) is 0.752. The fourth-order valence-corrected chi connectivity index (χ4v) is 2.45. The number of H-pyrrole nitrogens is 1. The second-order valence-electron chi connectivity index (χ2n) is 6.81. The third-order valence-corrected chi connectivity index (χ3v) is 3.71. The molecule has 0 saturated heterocycles. The summed E-state index contributed by atoms with van der Waals surface area (Å²) in [5.74, 6) is 1.44. The van der Waals surface area contributed by atoms with E-state index in [1.165, 1.54) is 0 Å². The van der Waals surface area contributed by atoms with E-state index in [4.69, 9.17) is 0 Å². The van der Waals surface area contributed by atoms with Gasteiger partial charge in [-0.2, -0.15) is 5.21 Å². The predicted molar refractivity (Wildman–Crippen MR) is 88.8 cm³/mol. The number of nitrogens with zero attached hydrogens (tertiary/aromatic N) is 5. The Kier molecular flexibility index (Phi) is 4.18. The number of fused-ring (bicyclic) bond motifs is 1. The van der Waals surface area contributed by atoms with Crippen molar-refractivity contribution in [3.8, 4) is 0 Å². The van der Waals surface area contributed by atoms with E-state index in [0.717, 1.165) is 29.6 Å². The van der Waals surface area contributed by atoms with E-state index in [9.17, 15) is 0 Å². The first-order valence-corrected chi connectivity index (χ1v) is 7.72. The topological polar surface area (TPSA) is 92.3 Å². The van der Waals surface area contributed by atoms with Gasteiger partial charge in [0.25, 0.3) is 0 Å². The molecular formula is C16H21N7. The lowest BCUT2D eigenvalue weighted by Crippen LogP contribution is -2.17. The number of para-hydroxylation sites is 1. The van der Waals surface area contributed by atoms with Crippen molar-refractivity contribution in [1.82, 2.24) is 30.6 Å². The van der Waals surface area contributed by atoms with Crippen molar-refractivity contribution in [2.24, 2.45) is 5.41 Å². The van der Waals surface area contributed by atoms with Crippen LogP contribution >= 0.6 is 0 Å². The molecule has 120 valence electrons. The zero-order chi connectivity index (χ0) is 16.3. The van der Waals surface area contributed by atoms with Crippen LogP contribution in [-0.4, -0.2) is 30.6 Å². The van der Waals surface area contributed by atoms with Crippen LogP contribution < -0.4 is 5.32 Å². The van der Waals surface area contributed by atoms with Crippen molar-refractivity contribution in [1.29, 1.82) is 0 Å². The molecule has 2 heterocycles. The number of anilines is 1. The Balaban J connectivity index is 1.88. The Bertz CT molecular complexity index is 756. The molecule has 0 fully saturated rings. The molecule has 3 rings (SSSR count). The van der Waals surface area contributed by atoms with Crippen molar-refractivity contribution in [3.63, 3.8) is 0 Å². The summed E-state index contributed by atoms with van der Waals surface area (Å²) in [4.78, 5) is 8.69. The average molecular weight is 311 g/mol. The highest BCUT2D eigenvalue weighted by Gasteiger charge is 2.21. The summed E-state index contributed by atoms with van der Waals surface area (Å²) >= 11 is 0. The molecule has 0 aliphatic carbocycles. The molecular weight excluding hydrogens is 290 g/mol. The maximum atomic E-state index is 4.39. The largest absolute Gasteiger partial charge is 0.359 e. The molecule has 0 aliphatic rings. The van der Waals surface area contributed by atoms with Gasteiger partial charge in [0, 0.05) is 5.39 Å². The van der Waals surface area contributed by atoms with E-state index in [2.05, 4.69) is 56.7 Å². The molecule has 3 aromatic rings. The Morgan fingerprint density at radius 1 is 1.17 bits per heavy atom. The fraction of sp³-hybridized carbons (Fsp3) is 0.438. The van der Waals surface area contributed by atoms with Gasteiger partial charge >= 0.3 is 0 Å². The van der Waals surface area contributed by atoms with Crippen molar-refractivity contribution >= 4 is 16.7 Å². The molecule has 2 N–H and O–H groups in total. The van der Waals surface area contributed by atoms with Gasteiger partial charge < -0.3 is 5.32 Å². The molecule has 0 amide bonds. The zero-order valence-corrected chi connectivity index (χ0v) is 13.6. The van der Waals surface area contributed by atoms with Gasteiger partial charge in [-0.25, -0.2) is 9.97 Å². The highest BCUT2D eigenvalue weighted by Crippen LogP contribution is 2.29. The van der Waals surface area contributed by atoms with Crippen LogP contribution in [0, 0.1) is 5.41 Å². The summed E-state index contributed by atoms with van der Waals surface area (Å²) in [6.07, 6.45) is 3.49. The van der Waals surface area contributed by atoms with Crippen molar-refractivity contribution < 1.29 is 0 Å². The van der Waals surface area contributed by atoms with Gasteiger partial charge in [0.2, 0.25) is 0 Å². The third kappa shape index (κ3) is 3.80. The average Bonchev–Trinajstić information content (AvgIpc) is 3.05. The summed E-state index contributed by atoms with van der Waals surface area (Å²) < 4.78 is 0. The Labute approximate surface area is 134 Å². The minimum atomic E-state index is -0.0497. The van der Waals surface area contributed by atoms with Crippen LogP contribution in [0.3, 0.4) is 0 Å². The van der Waals surface area contributed by atoms with E-state index in [-0.39, 0.29) is 11.5 Å². The first-order valence-electron chi connectivity index (χ1n) is 7.72. The van der Waals surface area contributed by atoms with Gasteiger partial charge in [-0.1, -0.05) is 38.1 Å². The van der Waals surface area contributed by atoms with Gasteiger partial charge in [-0.05, 0) is 30.4 Å². The molecule has 0 spiro atoms. The summed E-state index contributed by atoms with van der Waals surface area (Å²) in [5.41, 5.74) is 1.14. The summed E-state index contributed by atoms with van der Waals surface area (Å²) in [6, 6.07) is 7.88. The van der Waals surface area contributed by atoms with E-state index in [1.54, 1.807) is 6.33 Å². The molecule has 0 radical (unpaired) electrons. The van der Waals surface area contributed by atoms with Crippen LogP contribution in [-0.2, 0) is 0 Å². The molecule has 23 heavy (non-hydrogen) atoms. The molecule has 0 bridgehead atoms. The summed E-state index contributed by atoms with van der Waals surface area (Å²) in [5, 5.41) is 18.9. The number of nitrogens with one attached hydrogen (secondary N) is 2. The van der Waals surface area contributed by atoms with Gasteiger partial charge in [0.15, 0.2) is 5.82 Å². The Morgan fingerprint density at radius 3 is 2.74 bits per heavy atom. The van der Waals surface area contributed by atoms with Gasteiger partial charge in [0.05, 0.1) is 11.6 Å². The van der Waals surface area contributed by atoms with Gasteiger partial charge in [-0.15, -0.1) is 10.2 Å². The number of hydrogen-bond acceptors (Lipinski definition) is 6. The van der Waals surface area contributed by atoms with Gasteiger partial charge in [-0.3, -0.25) is 0 Å². The second-order valence-corrected chi connectivity index (χ2v) is 6.81. The highest BCUT2D eigenvalue weighted by atomic mass is 15.5. The number of tetrazole rings is 1. The van der Waals surface area contributed by atoms with Crippen molar-refractivity contribution in [3.05, 3.63) is 36.4 Å². The van der Waals surface area contributed by atoms with Gasteiger partial charge in [0.1, 0.15) is 12.1 Å². The number of hydrogen-bond donors (Lipinski definition) is 2. The number of rotatable bonds is 5.